The van der Waals surface area contributed by atoms with E-state index in [-0.39, 0.29) is 5.56 Å². The summed E-state index contributed by atoms with van der Waals surface area (Å²) in [5.41, 5.74) is 0.205. The zero-order chi connectivity index (χ0) is 11.5. The third-order valence-electron chi connectivity index (χ3n) is 2.05. The number of hydrogen-bond acceptors (Lipinski definition) is 5. The number of anilines is 1. The highest BCUT2D eigenvalue weighted by atomic mass is 32.1. The fraction of sp³-hybridized carbons (Fsp3) is 0.200. The molecule has 2 heterocycles. The maximum absolute atomic E-state index is 10.8. The third-order valence-corrected chi connectivity index (χ3v) is 2.78. The predicted molar refractivity (Wildman–Crippen MR) is 59.8 cm³/mol. The number of nitrogens with zero attached hydrogens (tertiary/aromatic N) is 1. The number of thiazole rings is 1. The number of carboxylic acids is 1. The Labute approximate surface area is 95.7 Å². The van der Waals surface area contributed by atoms with Gasteiger partial charge in [0, 0.05) is 11.6 Å². The molecule has 0 saturated carbocycles. The highest BCUT2D eigenvalue weighted by Gasteiger charge is 2.13. The van der Waals surface area contributed by atoms with E-state index < -0.39 is 5.97 Å². The average molecular weight is 238 g/mol. The largest absolute Gasteiger partial charge is 0.478 e. The molecule has 2 rings (SSSR count). The molecule has 16 heavy (non-hydrogen) atoms. The molecule has 0 fully saturated rings. The van der Waals surface area contributed by atoms with Crippen LogP contribution in [0, 0.1) is 6.92 Å². The number of carboxylic acid groups (broad SMARTS) is 1. The summed E-state index contributed by atoms with van der Waals surface area (Å²) in [7, 11) is 0. The molecule has 0 unspecified atom stereocenters. The fourth-order valence-electron chi connectivity index (χ4n) is 1.32. The van der Waals surface area contributed by atoms with E-state index in [1.165, 1.54) is 17.4 Å². The molecule has 0 spiro atoms. The number of aryl methyl sites for hydroxylation is 1. The first-order valence-corrected chi connectivity index (χ1v) is 5.51. The number of rotatable bonds is 4. The standard InChI is InChI=1S/C10H10N2O3S/c1-6-8(9(13)14)4-7(15-6)5-12-10-11-2-3-16-10/h2-4H,5H2,1H3,(H,11,12)(H,13,14). The first-order valence-electron chi connectivity index (χ1n) is 4.63. The SMILES string of the molecule is Cc1oc(CNc2nccs2)cc1C(=O)O. The topological polar surface area (TPSA) is 75.4 Å². The van der Waals surface area contributed by atoms with Gasteiger partial charge in [-0.1, -0.05) is 0 Å². The Bertz CT molecular complexity index is 490. The Morgan fingerprint density at radius 1 is 1.69 bits per heavy atom. The Hall–Kier alpha value is -1.82. The first-order chi connectivity index (χ1) is 7.66. The van der Waals surface area contributed by atoms with Crippen LogP contribution in [0.4, 0.5) is 5.13 Å². The maximum Gasteiger partial charge on any atom is 0.339 e. The fourth-order valence-corrected chi connectivity index (χ4v) is 1.84. The summed E-state index contributed by atoms with van der Waals surface area (Å²) in [4.78, 5) is 14.8. The molecular weight excluding hydrogens is 228 g/mol. The lowest BCUT2D eigenvalue weighted by molar-refractivity contribution is 0.0695. The number of nitrogens with one attached hydrogen (secondary N) is 1. The van der Waals surface area contributed by atoms with Crippen molar-refractivity contribution in [2.75, 3.05) is 5.32 Å². The Kier molecular flexibility index (Phi) is 2.91. The molecule has 0 aliphatic rings. The second-order valence-electron chi connectivity index (χ2n) is 3.18. The molecule has 6 heteroatoms. The van der Waals surface area contributed by atoms with Crippen molar-refractivity contribution < 1.29 is 14.3 Å². The molecule has 84 valence electrons. The van der Waals surface area contributed by atoms with Crippen LogP contribution in [-0.2, 0) is 6.54 Å². The monoisotopic (exact) mass is 238 g/mol. The third kappa shape index (κ3) is 2.22. The van der Waals surface area contributed by atoms with Crippen molar-refractivity contribution in [2.45, 2.75) is 13.5 Å². The van der Waals surface area contributed by atoms with Crippen LogP contribution in [0.5, 0.6) is 0 Å². The molecule has 2 N–H and O–H groups in total. The van der Waals surface area contributed by atoms with Crippen molar-refractivity contribution in [1.82, 2.24) is 4.98 Å². The quantitative estimate of drug-likeness (QED) is 0.855. The van der Waals surface area contributed by atoms with Gasteiger partial charge in [0.15, 0.2) is 5.13 Å². The van der Waals surface area contributed by atoms with E-state index in [0.717, 1.165) is 5.13 Å². The molecule has 0 aromatic carbocycles. The van der Waals surface area contributed by atoms with Gasteiger partial charge in [0.2, 0.25) is 0 Å². The van der Waals surface area contributed by atoms with Gasteiger partial charge in [-0.3, -0.25) is 0 Å². The summed E-state index contributed by atoms with van der Waals surface area (Å²) in [6, 6.07) is 1.53. The normalized spacial score (nSPS) is 10.3. The summed E-state index contributed by atoms with van der Waals surface area (Å²) < 4.78 is 5.31. The van der Waals surface area contributed by atoms with E-state index in [2.05, 4.69) is 10.3 Å². The smallest absolute Gasteiger partial charge is 0.339 e. The molecule has 0 saturated heterocycles. The lowest BCUT2D eigenvalue weighted by Gasteiger charge is -1.97. The van der Waals surface area contributed by atoms with Crippen LogP contribution in [-0.4, -0.2) is 16.1 Å². The van der Waals surface area contributed by atoms with Crippen molar-refractivity contribution >= 4 is 22.4 Å². The summed E-state index contributed by atoms with van der Waals surface area (Å²) >= 11 is 1.48. The second-order valence-corrected chi connectivity index (χ2v) is 4.07. The van der Waals surface area contributed by atoms with Crippen LogP contribution in [0.25, 0.3) is 0 Å². The summed E-state index contributed by atoms with van der Waals surface area (Å²) in [6.07, 6.45) is 1.70. The lowest BCUT2D eigenvalue weighted by atomic mass is 10.2. The van der Waals surface area contributed by atoms with Gasteiger partial charge in [-0.05, 0) is 13.0 Å². The minimum Gasteiger partial charge on any atom is -0.478 e. The number of furan rings is 1. The molecule has 0 radical (unpaired) electrons. The van der Waals surface area contributed by atoms with Gasteiger partial charge in [0.1, 0.15) is 17.1 Å². The molecule has 2 aromatic heterocycles. The van der Waals surface area contributed by atoms with Gasteiger partial charge in [0.05, 0.1) is 6.54 Å². The number of aromatic carboxylic acids is 1. The van der Waals surface area contributed by atoms with Crippen LogP contribution >= 0.6 is 11.3 Å². The highest BCUT2D eigenvalue weighted by Crippen LogP contribution is 2.17. The molecule has 0 atom stereocenters. The zero-order valence-electron chi connectivity index (χ0n) is 8.56. The van der Waals surface area contributed by atoms with Gasteiger partial charge in [-0.2, -0.15) is 0 Å². The highest BCUT2D eigenvalue weighted by molar-refractivity contribution is 7.13. The Morgan fingerprint density at radius 2 is 2.50 bits per heavy atom. The van der Waals surface area contributed by atoms with Gasteiger partial charge in [0.25, 0.3) is 0 Å². The van der Waals surface area contributed by atoms with Gasteiger partial charge in [-0.15, -0.1) is 11.3 Å². The van der Waals surface area contributed by atoms with E-state index in [9.17, 15) is 4.79 Å². The van der Waals surface area contributed by atoms with Crippen LogP contribution < -0.4 is 5.32 Å². The van der Waals surface area contributed by atoms with E-state index >= 15 is 0 Å². The van der Waals surface area contributed by atoms with Crippen molar-refractivity contribution in [3.63, 3.8) is 0 Å². The van der Waals surface area contributed by atoms with E-state index in [1.54, 1.807) is 13.1 Å². The summed E-state index contributed by atoms with van der Waals surface area (Å²) in [6.45, 7) is 2.07. The van der Waals surface area contributed by atoms with E-state index in [4.69, 9.17) is 9.52 Å². The average Bonchev–Trinajstić information content (AvgIpc) is 2.83. The molecule has 5 nitrogen and oxygen atoms in total. The number of hydrogen-bond donors (Lipinski definition) is 2. The van der Waals surface area contributed by atoms with Gasteiger partial charge < -0.3 is 14.8 Å². The second kappa shape index (κ2) is 4.36. The molecule has 0 amide bonds. The number of carbonyl (C=O) groups is 1. The van der Waals surface area contributed by atoms with Gasteiger partial charge in [-0.25, -0.2) is 9.78 Å². The summed E-state index contributed by atoms with van der Waals surface area (Å²) in [5.74, 6) is 0.0373. The maximum atomic E-state index is 10.8. The van der Waals surface area contributed by atoms with Crippen LogP contribution in [0.2, 0.25) is 0 Å². The molecule has 0 aliphatic heterocycles. The molecule has 0 aliphatic carbocycles. The minimum absolute atomic E-state index is 0.205. The summed E-state index contributed by atoms with van der Waals surface area (Å²) in [5, 5.41) is 14.5. The predicted octanol–water partition coefficient (Wildman–Crippen LogP) is 2.35. The lowest BCUT2D eigenvalue weighted by Crippen LogP contribution is -1.97. The van der Waals surface area contributed by atoms with Gasteiger partial charge >= 0.3 is 5.97 Å². The molecular formula is C10H10N2O3S. The van der Waals surface area contributed by atoms with Crippen molar-refractivity contribution in [1.29, 1.82) is 0 Å². The minimum atomic E-state index is -0.971. The van der Waals surface area contributed by atoms with Crippen molar-refractivity contribution in [2.24, 2.45) is 0 Å². The molecule has 2 aromatic rings. The Balaban J connectivity index is 2.05. The van der Waals surface area contributed by atoms with E-state index in [0.29, 0.717) is 18.1 Å². The van der Waals surface area contributed by atoms with Crippen LogP contribution in [0.3, 0.4) is 0 Å². The molecule has 0 bridgehead atoms. The van der Waals surface area contributed by atoms with Crippen LogP contribution in [0.15, 0.2) is 22.1 Å². The van der Waals surface area contributed by atoms with Crippen molar-refractivity contribution in [3.05, 3.63) is 34.7 Å². The zero-order valence-corrected chi connectivity index (χ0v) is 9.37. The van der Waals surface area contributed by atoms with Crippen LogP contribution in [0.1, 0.15) is 21.9 Å². The number of aromatic nitrogens is 1. The Morgan fingerprint density at radius 3 is 3.06 bits per heavy atom. The van der Waals surface area contributed by atoms with E-state index in [1.807, 2.05) is 5.38 Å². The first kappa shape index (κ1) is 10.7. The van der Waals surface area contributed by atoms with Crippen molar-refractivity contribution in [3.8, 4) is 0 Å².